The summed E-state index contributed by atoms with van der Waals surface area (Å²) in [5, 5.41) is 0. The second-order valence-corrected chi connectivity index (χ2v) is 22.1. The number of unbranched alkanes of at least 4 members (excludes halogenated alkanes) is 13. The molecule has 4 nitrogen and oxygen atoms in total. The smallest absolute Gasteiger partial charge is 0.0644 e. The Balaban J connectivity index is 0.968. The van der Waals surface area contributed by atoms with Crippen LogP contribution in [0.4, 0.5) is 0 Å². The Morgan fingerprint density at radius 1 is 0.672 bits per heavy atom. The molecule has 0 aromatic carbocycles. The predicted octanol–water partition coefficient (Wildman–Crippen LogP) is 16.1. The molecule has 1 unspecified atom stereocenters. The lowest BCUT2D eigenvalue weighted by Gasteiger charge is -2.58. The third kappa shape index (κ3) is 17.8. The molecule has 0 aromatic rings. The Labute approximate surface area is 380 Å². The van der Waals surface area contributed by atoms with Crippen LogP contribution in [0.3, 0.4) is 0 Å². The van der Waals surface area contributed by atoms with Gasteiger partial charge in [-0.1, -0.05) is 155 Å². The molecule has 4 aliphatic rings. The fourth-order valence-electron chi connectivity index (χ4n) is 12.9. The van der Waals surface area contributed by atoms with E-state index in [1.54, 1.807) is 5.57 Å². The number of likely N-dealkylation sites (N-methyl/N-ethyl adjacent to an activating group) is 1. The molecule has 61 heavy (non-hydrogen) atoms. The first-order chi connectivity index (χ1) is 29.6. The lowest BCUT2D eigenvalue weighted by molar-refractivity contribution is -0.0641. The maximum absolute atomic E-state index is 6.59. The molecular formula is C57H103NO3. The van der Waals surface area contributed by atoms with E-state index in [9.17, 15) is 0 Å². The van der Waals surface area contributed by atoms with E-state index in [2.05, 4.69) is 90.9 Å². The average Bonchev–Trinajstić information content (AvgIpc) is 3.60. The van der Waals surface area contributed by atoms with Gasteiger partial charge in [0.15, 0.2) is 0 Å². The highest BCUT2D eigenvalue weighted by molar-refractivity contribution is 5.25. The standard InChI is InChI=1S/C57H103NO3/c1-9-10-11-12-13-14-15-16-17-18-19-20-21-22-24-27-41-59-45-50(58(7)8)46-60-42-28-25-23-26-29-43-61-51-37-39-56(5)49(44-51)33-34-52-54-36-35-53(48(4)32-30-31-47(2)3)57(54,6)40-38-55(52)56/h13-14,16-17,33,47-48,50-55H,9-12,15,18-32,34-46H2,1-8H3/b14-13-,17-16-/t48-,50+,51?,52+,53-,54+,55+,56+,57-/m1/s1. The van der Waals surface area contributed by atoms with Gasteiger partial charge in [0.25, 0.3) is 0 Å². The van der Waals surface area contributed by atoms with E-state index in [0.29, 0.717) is 23.0 Å². The third-order valence-corrected chi connectivity index (χ3v) is 16.9. The minimum atomic E-state index is 0.335. The zero-order valence-corrected chi connectivity index (χ0v) is 42.0. The number of allylic oxidation sites excluding steroid dienone is 5. The van der Waals surface area contributed by atoms with Crippen molar-refractivity contribution in [1.29, 1.82) is 0 Å². The van der Waals surface area contributed by atoms with Crippen LogP contribution in [-0.2, 0) is 14.2 Å². The monoisotopic (exact) mass is 850 g/mol. The summed E-state index contributed by atoms with van der Waals surface area (Å²) >= 11 is 0. The lowest BCUT2D eigenvalue weighted by Crippen LogP contribution is -2.51. The summed E-state index contributed by atoms with van der Waals surface area (Å²) in [5.74, 6) is 5.48. The minimum Gasteiger partial charge on any atom is -0.380 e. The lowest BCUT2D eigenvalue weighted by atomic mass is 9.47. The predicted molar refractivity (Wildman–Crippen MR) is 264 cm³/mol. The van der Waals surface area contributed by atoms with Gasteiger partial charge in [-0.25, -0.2) is 0 Å². The van der Waals surface area contributed by atoms with Crippen LogP contribution in [0.1, 0.15) is 221 Å². The Hall–Kier alpha value is -0.940. The molecule has 0 N–H and O–H groups in total. The van der Waals surface area contributed by atoms with Crippen LogP contribution in [0.5, 0.6) is 0 Å². The highest BCUT2D eigenvalue weighted by Crippen LogP contribution is 2.67. The molecule has 0 amide bonds. The molecule has 0 bridgehead atoms. The molecule has 0 aromatic heterocycles. The number of rotatable bonds is 34. The van der Waals surface area contributed by atoms with Crippen LogP contribution in [0, 0.1) is 46.3 Å². The molecule has 0 spiro atoms. The van der Waals surface area contributed by atoms with Crippen LogP contribution in [0.2, 0.25) is 0 Å². The van der Waals surface area contributed by atoms with E-state index in [1.165, 1.54) is 167 Å². The highest BCUT2D eigenvalue weighted by Gasteiger charge is 2.59. The molecule has 9 atom stereocenters. The molecule has 0 radical (unpaired) electrons. The van der Waals surface area contributed by atoms with E-state index in [-0.39, 0.29) is 0 Å². The molecule has 4 heteroatoms. The van der Waals surface area contributed by atoms with Crippen molar-refractivity contribution in [3.05, 3.63) is 36.0 Å². The van der Waals surface area contributed by atoms with Gasteiger partial charge in [0.1, 0.15) is 0 Å². The van der Waals surface area contributed by atoms with Crippen LogP contribution in [-0.4, -0.2) is 64.2 Å². The first-order valence-corrected chi connectivity index (χ1v) is 27.0. The van der Waals surface area contributed by atoms with Crippen molar-refractivity contribution >= 4 is 0 Å². The molecular weight excluding hydrogens is 747 g/mol. The molecule has 0 heterocycles. The number of fused-ring (bicyclic) bond motifs is 5. The number of nitrogens with zero attached hydrogens (tertiary/aromatic N) is 1. The van der Waals surface area contributed by atoms with Gasteiger partial charge in [-0.15, -0.1) is 0 Å². The summed E-state index contributed by atoms with van der Waals surface area (Å²) in [6.07, 6.45) is 49.5. The SMILES string of the molecule is CCCCC/C=C\C/C=C\CCCCCCCCOC[C@@H](COCCCCCCCOC1CC[C@@]2(C)C(=CC[C@H]3[C@@H]4CC[C@H]([C@H](C)CCCC(C)C)[C@@]4(C)CC[C@@H]32)C1)N(C)C. The van der Waals surface area contributed by atoms with Crippen molar-refractivity contribution in [3.63, 3.8) is 0 Å². The average molecular weight is 850 g/mol. The quantitative estimate of drug-likeness (QED) is 0.0477. The second-order valence-electron chi connectivity index (χ2n) is 22.1. The normalized spacial score (nSPS) is 28.8. The van der Waals surface area contributed by atoms with E-state index in [4.69, 9.17) is 14.2 Å². The van der Waals surface area contributed by atoms with Gasteiger partial charge in [-0.2, -0.15) is 0 Å². The number of hydrogen-bond donors (Lipinski definition) is 0. The maximum Gasteiger partial charge on any atom is 0.0644 e. The zero-order valence-electron chi connectivity index (χ0n) is 42.0. The van der Waals surface area contributed by atoms with Gasteiger partial charge in [-0.3, -0.25) is 0 Å². The molecule has 354 valence electrons. The topological polar surface area (TPSA) is 30.9 Å². The molecule has 3 fully saturated rings. The number of ether oxygens (including phenoxy) is 3. The first-order valence-electron chi connectivity index (χ1n) is 27.0. The summed E-state index contributed by atoms with van der Waals surface area (Å²) in [6, 6.07) is 0.335. The highest BCUT2D eigenvalue weighted by atomic mass is 16.5. The Morgan fingerprint density at radius 2 is 1.30 bits per heavy atom. The second kappa shape index (κ2) is 29.6. The molecule has 0 saturated heterocycles. The Morgan fingerprint density at radius 3 is 1.93 bits per heavy atom. The zero-order chi connectivity index (χ0) is 43.8. The summed E-state index contributed by atoms with van der Waals surface area (Å²) in [5.41, 5.74) is 2.79. The van der Waals surface area contributed by atoms with Gasteiger partial charge in [0.05, 0.1) is 25.4 Å². The Bertz CT molecular complexity index is 1220. The first kappa shape index (κ1) is 52.7. The fourth-order valence-corrected chi connectivity index (χ4v) is 12.9. The van der Waals surface area contributed by atoms with Crippen molar-refractivity contribution in [3.8, 4) is 0 Å². The maximum atomic E-state index is 6.59. The van der Waals surface area contributed by atoms with Gasteiger partial charge < -0.3 is 19.1 Å². The molecule has 4 rings (SSSR count). The minimum absolute atomic E-state index is 0.335. The van der Waals surface area contributed by atoms with E-state index >= 15 is 0 Å². The van der Waals surface area contributed by atoms with E-state index < -0.39 is 0 Å². The van der Waals surface area contributed by atoms with Crippen molar-refractivity contribution in [1.82, 2.24) is 4.90 Å². The van der Waals surface area contributed by atoms with Crippen LogP contribution in [0.25, 0.3) is 0 Å². The van der Waals surface area contributed by atoms with Crippen molar-refractivity contribution < 1.29 is 14.2 Å². The van der Waals surface area contributed by atoms with Crippen LogP contribution < -0.4 is 0 Å². The third-order valence-electron chi connectivity index (χ3n) is 16.9. The van der Waals surface area contributed by atoms with Gasteiger partial charge in [0.2, 0.25) is 0 Å². The van der Waals surface area contributed by atoms with Crippen molar-refractivity contribution in [2.24, 2.45) is 46.3 Å². The van der Waals surface area contributed by atoms with Gasteiger partial charge in [-0.05, 0) is 163 Å². The number of hydrogen-bond acceptors (Lipinski definition) is 4. The van der Waals surface area contributed by atoms with Crippen molar-refractivity contribution in [2.75, 3.05) is 47.1 Å². The van der Waals surface area contributed by atoms with Crippen LogP contribution >= 0.6 is 0 Å². The summed E-state index contributed by atoms with van der Waals surface area (Å²) in [7, 11) is 4.30. The summed E-state index contributed by atoms with van der Waals surface area (Å²) in [4.78, 5) is 2.26. The summed E-state index contributed by atoms with van der Waals surface area (Å²) in [6.45, 7) is 19.3. The van der Waals surface area contributed by atoms with E-state index in [0.717, 1.165) is 81.4 Å². The molecule has 0 aliphatic heterocycles. The van der Waals surface area contributed by atoms with Gasteiger partial charge in [0, 0.05) is 19.8 Å². The van der Waals surface area contributed by atoms with Crippen molar-refractivity contribution in [2.45, 2.75) is 233 Å². The Kier molecular flexibility index (Phi) is 25.5. The fraction of sp³-hybridized carbons (Fsp3) is 0.895. The largest absolute Gasteiger partial charge is 0.380 e. The molecule has 4 aliphatic carbocycles. The molecule has 3 saturated carbocycles. The van der Waals surface area contributed by atoms with Crippen LogP contribution in [0.15, 0.2) is 36.0 Å². The van der Waals surface area contributed by atoms with Gasteiger partial charge >= 0.3 is 0 Å². The van der Waals surface area contributed by atoms with E-state index in [1.807, 2.05) is 0 Å². The summed E-state index contributed by atoms with van der Waals surface area (Å²) < 4.78 is 18.8.